The number of thiophene rings is 1. The van der Waals surface area contributed by atoms with Crippen molar-refractivity contribution in [3.63, 3.8) is 0 Å². The lowest BCUT2D eigenvalue weighted by Crippen LogP contribution is -2.50. The molecule has 0 N–H and O–H groups in total. The van der Waals surface area contributed by atoms with Crippen molar-refractivity contribution in [1.29, 1.82) is 0 Å². The van der Waals surface area contributed by atoms with Crippen LogP contribution >= 0.6 is 11.3 Å². The van der Waals surface area contributed by atoms with Gasteiger partial charge in [-0.1, -0.05) is 59.4 Å². The zero-order valence-corrected chi connectivity index (χ0v) is 20.7. The molecule has 5 nitrogen and oxygen atoms in total. The van der Waals surface area contributed by atoms with Crippen LogP contribution in [-0.2, 0) is 21.0 Å². The summed E-state index contributed by atoms with van der Waals surface area (Å²) in [4.78, 5) is 0.999. The van der Waals surface area contributed by atoms with Gasteiger partial charge in [0.2, 0.25) is 10.4 Å². The summed E-state index contributed by atoms with van der Waals surface area (Å²) in [7, 11) is -4.52. The molecule has 0 atom stereocenters. The van der Waals surface area contributed by atoms with E-state index in [1.54, 1.807) is 0 Å². The Kier molecular flexibility index (Phi) is 17.0. The molecular formula is C22H43NO4S2. The Hall–Kier alpha value is -0.470. The van der Waals surface area contributed by atoms with Crippen molar-refractivity contribution in [2.45, 2.75) is 85.5 Å². The fourth-order valence-electron chi connectivity index (χ4n) is 3.34. The molecule has 0 radical (unpaired) electrons. The molecule has 0 aliphatic carbocycles. The molecule has 0 saturated heterocycles. The Balaban J connectivity index is 0.000000571. The van der Waals surface area contributed by atoms with E-state index in [9.17, 15) is 13.0 Å². The molecule has 1 rings (SSSR count). The molecule has 7 heteroatoms. The molecule has 0 aromatic carbocycles. The molecule has 0 bridgehead atoms. The normalized spacial score (nSPS) is 11.9. The first kappa shape index (κ1) is 28.5. The summed E-state index contributed by atoms with van der Waals surface area (Å²) in [6, 6.07) is 3.71. The van der Waals surface area contributed by atoms with Crippen LogP contribution < -0.4 is 0 Å². The van der Waals surface area contributed by atoms with Crippen molar-refractivity contribution in [3.05, 3.63) is 22.4 Å². The monoisotopic (exact) mass is 449 g/mol. The first-order chi connectivity index (χ1) is 13.8. The zero-order chi connectivity index (χ0) is 22.0. The minimum absolute atomic E-state index is 0.0770. The third kappa shape index (κ3) is 16.0. The van der Waals surface area contributed by atoms with Gasteiger partial charge in [0.05, 0.1) is 32.8 Å². The number of unbranched alkanes of at least 4 members (excludes halogenated alkanes) is 4. The molecule has 0 aliphatic rings. The summed E-state index contributed by atoms with van der Waals surface area (Å²) < 4.78 is 35.4. The van der Waals surface area contributed by atoms with Gasteiger partial charge in [-0.15, -0.1) is 11.3 Å². The molecular weight excluding hydrogens is 406 g/mol. The van der Waals surface area contributed by atoms with E-state index in [-0.39, 0.29) is 6.61 Å². The lowest BCUT2D eigenvalue weighted by Gasteiger charge is -2.39. The van der Waals surface area contributed by atoms with Gasteiger partial charge >= 0.3 is 0 Å². The molecule has 1 aromatic rings. The average Bonchev–Trinajstić information content (AvgIpc) is 3.20. The Morgan fingerprint density at radius 1 is 0.897 bits per heavy atom. The van der Waals surface area contributed by atoms with E-state index >= 15 is 0 Å². The van der Waals surface area contributed by atoms with Gasteiger partial charge in [-0.3, -0.25) is 4.18 Å². The smallest absolute Gasteiger partial charge is 0.217 e. The van der Waals surface area contributed by atoms with Crippen LogP contribution in [0.5, 0.6) is 0 Å². The maximum absolute atomic E-state index is 9.99. The molecule has 172 valence electrons. The van der Waals surface area contributed by atoms with Gasteiger partial charge < -0.3 is 9.04 Å². The van der Waals surface area contributed by atoms with E-state index in [4.69, 9.17) is 0 Å². The van der Waals surface area contributed by atoms with E-state index < -0.39 is 10.4 Å². The number of quaternary nitrogens is 1. The molecule has 0 unspecified atom stereocenters. The third-order valence-corrected chi connectivity index (χ3v) is 6.49. The van der Waals surface area contributed by atoms with Crippen LogP contribution in [0.1, 0.15) is 83.9 Å². The minimum atomic E-state index is -4.52. The van der Waals surface area contributed by atoms with Gasteiger partial charge in [-0.25, -0.2) is 8.42 Å². The summed E-state index contributed by atoms with van der Waals surface area (Å²) in [5.41, 5.74) is 0. The van der Waals surface area contributed by atoms with Crippen LogP contribution in [0.4, 0.5) is 0 Å². The van der Waals surface area contributed by atoms with E-state index in [0.717, 1.165) is 4.88 Å². The fourth-order valence-corrected chi connectivity index (χ4v) is 4.32. The largest absolute Gasteiger partial charge is 0.726 e. The van der Waals surface area contributed by atoms with Gasteiger partial charge in [0.25, 0.3) is 0 Å². The fraction of sp³-hybridized carbons (Fsp3) is 0.818. The number of hydrogen-bond acceptors (Lipinski definition) is 5. The summed E-state index contributed by atoms with van der Waals surface area (Å²) in [5, 5.41) is 1.88. The topological polar surface area (TPSA) is 66.4 Å². The van der Waals surface area contributed by atoms with Crippen LogP contribution in [-0.4, -0.2) is 50.2 Å². The van der Waals surface area contributed by atoms with Gasteiger partial charge in [-0.2, -0.15) is 0 Å². The summed E-state index contributed by atoms with van der Waals surface area (Å²) in [6.07, 6.45) is 11.5. The molecule has 1 aromatic heterocycles. The highest BCUT2D eigenvalue weighted by atomic mass is 32.3. The van der Waals surface area contributed by atoms with Crippen LogP contribution in [0.2, 0.25) is 0 Å². The Bertz CT molecular complexity index is 536. The second-order valence-corrected chi connectivity index (χ2v) is 9.79. The van der Waals surface area contributed by atoms with Crippen molar-refractivity contribution in [3.8, 4) is 0 Å². The summed E-state index contributed by atoms with van der Waals surface area (Å²) in [5.74, 6) is 0. The highest BCUT2D eigenvalue weighted by molar-refractivity contribution is 7.80. The van der Waals surface area contributed by atoms with Crippen LogP contribution in [0, 0.1) is 0 Å². The van der Waals surface area contributed by atoms with Gasteiger partial charge in [0.15, 0.2) is 0 Å². The maximum Gasteiger partial charge on any atom is 0.217 e. The second kappa shape index (κ2) is 17.2. The number of hydrogen-bond donors (Lipinski definition) is 0. The SMILES string of the molecule is CCCC[N+](CCCC)(CCCC)CCCC.O=S(=O)([O-])OCCc1cccs1. The third-order valence-electron chi connectivity index (χ3n) is 5.10. The summed E-state index contributed by atoms with van der Waals surface area (Å²) in [6.45, 7) is 14.9. The Labute approximate surface area is 184 Å². The minimum Gasteiger partial charge on any atom is -0.726 e. The van der Waals surface area contributed by atoms with Crippen LogP contribution in [0.15, 0.2) is 17.5 Å². The van der Waals surface area contributed by atoms with Gasteiger partial charge in [0.1, 0.15) is 0 Å². The molecule has 1 heterocycles. The molecule has 0 spiro atoms. The predicted molar refractivity (Wildman–Crippen MR) is 123 cm³/mol. The lowest BCUT2D eigenvalue weighted by molar-refractivity contribution is -0.929. The average molecular weight is 450 g/mol. The lowest BCUT2D eigenvalue weighted by atomic mass is 10.1. The van der Waals surface area contributed by atoms with E-state index in [1.165, 1.54) is 93.4 Å². The predicted octanol–water partition coefficient (Wildman–Crippen LogP) is 5.77. The number of nitrogens with zero attached hydrogens (tertiary/aromatic N) is 1. The van der Waals surface area contributed by atoms with Gasteiger partial charge in [0, 0.05) is 11.3 Å². The zero-order valence-electron chi connectivity index (χ0n) is 19.0. The Morgan fingerprint density at radius 2 is 1.34 bits per heavy atom. The molecule has 0 saturated carbocycles. The van der Waals surface area contributed by atoms with Crippen molar-refractivity contribution in [2.24, 2.45) is 0 Å². The Morgan fingerprint density at radius 3 is 1.66 bits per heavy atom. The molecule has 0 amide bonds. The van der Waals surface area contributed by atoms with E-state index in [0.29, 0.717) is 6.42 Å². The second-order valence-electron chi connectivity index (χ2n) is 7.71. The summed E-state index contributed by atoms with van der Waals surface area (Å²) >= 11 is 1.50. The van der Waals surface area contributed by atoms with E-state index in [1.807, 2.05) is 17.5 Å². The highest BCUT2D eigenvalue weighted by Crippen LogP contribution is 2.16. The number of rotatable bonds is 16. The van der Waals surface area contributed by atoms with Crippen LogP contribution in [0.25, 0.3) is 0 Å². The van der Waals surface area contributed by atoms with Crippen LogP contribution in [0.3, 0.4) is 0 Å². The van der Waals surface area contributed by atoms with Crippen molar-refractivity contribution < 1.29 is 21.6 Å². The highest BCUT2D eigenvalue weighted by Gasteiger charge is 2.24. The van der Waals surface area contributed by atoms with Crippen molar-refractivity contribution >= 4 is 21.7 Å². The van der Waals surface area contributed by atoms with E-state index in [2.05, 4.69) is 31.9 Å². The first-order valence-electron chi connectivity index (χ1n) is 11.3. The van der Waals surface area contributed by atoms with Gasteiger partial charge in [-0.05, 0) is 37.1 Å². The standard InChI is InChI=1S/C16H36N.C6H8O4S2/c1-5-9-13-17(14-10-6-2,15-11-7-3)16-12-8-4;7-12(8,9)10-4-3-6-2-1-5-11-6/h5-16H2,1-4H3;1-2,5H,3-4H2,(H,7,8,9)/q+1;/p-1. The van der Waals surface area contributed by atoms with Crippen molar-refractivity contribution in [2.75, 3.05) is 32.8 Å². The maximum atomic E-state index is 9.99. The quantitative estimate of drug-likeness (QED) is 0.182. The first-order valence-corrected chi connectivity index (χ1v) is 13.5. The molecule has 0 fully saturated rings. The molecule has 0 aliphatic heterocycles. The molecule has 29 heavy (non-hydrogen) atoms. The van der Waals surface area contributed by atoms with Crippen molar-refractivity contribution in [1.82, 2.24) is 0 Å².